The summed E-state index contributed by atoms with van der Waals surface area (Å²) in [5.74, 6) is 1.47. The van der Waals surface area contributed by atoms with Gasteiger partial charge in [-0.1, -0.05) is 12.1 Å². The molecule has 0 atom stereocenters. The van der Waals surface area contributed by atoms with Crippen molar-refractivity contribution >= 4 is 0 Å². The van der Waals surface area contributed by atoms with Crippen molar-refractivity contribution in [3.8, 4) is 5.75 Å². The fourth-order valence-electron chi connectivity index (χ4n) is 1.56. The second-order valence-corrected chi connectivity index (χ2v) is 3.95. The van der Waals surface area contributed by atoms with Crippen LogP contribution in [-0.4, -0.2) is 16.7 Å². The second-order valence-electron chi connectivity index (χ2n) is 3.95. The summed E-state index contributed by atoms with van der Waals surface area (Å²) in [4.78, 5) is 4.48. The van der Waals surface area contributed by atoms with E-state index in [0.717, 1.165) is 23.7 Å². The minimum absolute atomic E-state index is 0.365. The molecule has 2 aromatic heterocycles. The molecule has 0 aliphatic carbocycles. The van der Waals surface area contributed by atoms with E-state index < -0.39 is 0 Å². The quantitative estimate of drug-likeness (QED) is 0.846. The maximum absolute atomic E-state index is 5.70. The Morgan fingerprint density at radius 3 is 2.94 bits per heavy atom. The number of ether oxygens (including phenoxy) is 1. The lowest BCUT2D eigenvalue weighted by Gasteiger charge is -2.10. The molecule has 0 saturated heterocycles. The third-order valence-electron chi connectivity index (χ3n) is 2.48. The Labute approximate surface area is 106 Å². The molecular weight excluding hydrogens is 230 g/mol. The van der Waals surface area contributed by atoms with E-state index in [1.807, 2.05) is 19.1 Å². The highest BCUT2D eigenvalue weighted by Crippen LogP contribution is 2.18. The Balaban J connectivity index is 2.05. The van der Waals surface area contributed by atoms with Crippen molar-refractivity contribution in [3.05, 3.63) is 41.5 Å². The largest absolute Gasteiger partial charge is 0.484 e. The topological polar surface area (TPSA) is 60.2 Å². The lowest BCUT2D eigenvalue weighted by atomic mass is 10.3. The SMILES string of the molecule is CCNCc1nc(C)ccc1OCc1ccno1. The predicted octanol–water partition coefficient (Wildman–Crippen LogP) is 2.07. The molecule has 1 N–H and O–H groups in total. The van der Waals surface area contributed by atoms with Crippen LogP contribution in [0.2, 0.25) is 0 Å². The van der Waals surface area contributed by atoms with Crippen molar-refractivity contribution in [2.24, 2.45) is 0 Å². The Morgan fingerprint density at radius 2 is 2.22 bits per heavy atom. The molecule has 0 amide bonds. The molecule has 0 aliphatic heterocycles. The number of hydrogen-bond acceptors (Lipinski definition) is 5. The predicted molar refractivity (Wildman–Crippen MR) is 67.2 cm³/mol. The van der Waals surface area contributed by atoms with E-state index >= 15 is 0 Å². The Bertz CT molecular complexity index is 483. The number of hydrogen-bond donors (Lipinski definition) is 1. The van der Waals surface area contributed by atoms with Crippen LogP contribution in [0.1, 0.15) is 24.1 Å². The van der Waals surface area contributed by atoms with E-state index in [4.69, 9.17) is 9.26 Å². The standard InChI is InChI=1S/C13H17N3O2/c1-3-14-8-12-13(5-4-10(2)16-12)17-9-11-6-7-15-18-11/h4-7,14H,3,8-9H2,1-2H3. The van der Waals surface area contributed by atoms with Gasteiger partial charge >= 0.3 is 0 Å². The summed E-state index contributed by atoms with van der Waals surface area (Å²) in [5, 5.41) is 6.88. The number of nitrogens with one attached hydrogen (secondary N) is 1. The summed E-state index contributed by atoms with van der Waals surface area (Å²) in [6, 6.07) is 5.65. The van der Waals surface area contributed by atoms with Crippen molar-refractivity contribution < 1.29 is 9.26 Å². The molecule has 0 bridgehead atoms. The number of rotatable bonds is 6. The van der Waals surface area contributed by atoms with Crippen LogP contribution < -0.4 is 10.1 Å². The van der Waals surface area contributed by atoms with Gasteiger partial charge in [-0.2, -0.15) is 0 Å². The monoisotopic (exact) mass is 247 g/mol. The minimum atomic E-state index is 0.365. The smallest absolute Gasteiger partial charge is 0.174 e. The number of aromatic nitrogens is 2. The minimum Gasteiger partial charge on any atom is -0.484 e. The van der Waals surface area contributed by atoms with Crippen LogP contribution in [-0.2, 0) is 13.2 Å². The third-order valence-corrected chi connectivity index (χ3v) is 2.48. The van der Waals surface area contributed by atoms with Gasteiger partial charge in [-0.25, -0.2) is 0 Å². The molecule has 0 unspecified atom stereocenters. The summed E-state index contributed by atoms with van der Waals surface area (Å²) in [7, 11) is 0. The first kappa shape index (κ1) is 12.6. The first-order valence-corrected chi connectivity index (χ1v) is 5.99. The van der Waals surface area contributed by atoms with Crippen LogP contribution in [0.25, 0.3) is 0 Å². The van der Waals surface area contributed by atoms with Crippen LogP contribution in [0, 0.1) is 6.92 Å². The van der Waals surface area contributed by atoms with Gasteiger partial charge in [0.1, 0.15) is 12.4 Å². The lowest BCUT2D eigenvalue weighted by molar-refractivity contribution is 0.246. The molecule has 5 nitrogen and oxygen atoms in total. The zero-order valence-electron chi connectivity index (χ0n) is 10.6. The second kappa shape index (κ2) is 6.16. The molecule has 0 aliphatic rings. The summed E-state index contributed by atoms with van der Waals surface area (Å²) >= 11 is 0. The van der Waals surface area contributed by atoms with E-state index in [0.29, 0.717) is 18.9 Å². The highest BCUT2D eigenvalue weighted by molar-refractivity contribution is 5.29. The van der Waals surface area contributed by atoms with Crippen LogP contribution in [0.15, 0.2) is 28.9 Å². The molecule has 2 aromatic rings. The number of nitrogens with zero attached hydrogens (tertiary/aromatic N) is 2. The van der Waals surface area contributed by atoms with Gasteiger partial charge in [-0.15, -0.1) is 0 Å². The van der Waals surface area contributed by atoms with Gasteiger partial charge < -0.3 is 14.6 Å². The molecule has 0 spiro atoms. The van der Waals surface area contributed by atoms with Gasteiger partial charge in [-0.3, -0.25) is 4.98 Å². The average Bonchev–Trinajstić information content (AvgIpc) is 2.88. The number of pyridine rings is 1. The van der Waals surface area contributed by atoms with Gasteiger partial charge in [-0.05, 0) is 25.6 Å². The van der Waals surface area contributed by atoms with Crippen molar-refractivity contribution in [2.45, 2.75) is 27.0 Å². The summed E-state index contributed by atoms with van der Waals surface area (Å²) in [6.07, 6.45) is 1.60. The van der Waals surface area contributed by atoms with Gasteiger partial charge in [0, 0.05) is 18.3 Å². The summed E-state index contributed by atoms with van der Waals surface area (Å²) in [6.45, 7) is 5.99. The molecule has 2 heterocycles. The normalized spacial score (nSPS) is 10.6. The zero-order chi connectivity index (χ0) is 12.8. The van der Waals surface area contributed by atoms with Crippen molar-refractivity contribution in [1.82, 2.24) is 15.5 Å². The van der Waals surface area contributed by atoms with E-state index in [2.05, 4.69) is 22.4 Å². The molecule has 5 heteroatoms. The first-order chi connectivity index (χ1) is 8.79. The third kappa shape index (κ3) is 3.30. The molecule has 0 fully saturated rings. The molecule has 0 saturated carbocycles. The van der Waals surface area contributed by atoms with Crippen LogP contribution in [0.3, 0.4) is 0 Å². The molecular formula is C13H17N3O2. The fraction of sp³-hybridized carbons (Fsp3) is 0.385. The summed E-state index contributed by atoms with van der Waals surface area (Å²) < 4.78 is 10.7. The van der Waals surface area contributed by atoms with Gasteiger partial charge in [0.15, 0.2) is 5.76 Å². The van der Waals surface area contributed by atoms with Crippen molar-refractivity contribution in [3.63, 3.8) is 0 Å². The molecule has 2 rings (SSSR count). The van der Waals surface area contributed by atoms with Gasteiger partial charge in [0.05, 0.1) is 11.9 Å². The fourth-order valence-corrected chi connectivity index (χ4v) is 1.56. The van der Waals surface area contributed by atoms with Crippen LogP contribution in [0.4, 0.5) is 0 Å². The van der Waals surface area contributed by atoms with E-state index in [9.17, 15) is 0 Å². The Morgan fingerprint density at radius 1 is 1.33 bits per heavy atom. The molecule has 0 radical (unpaired) electrons. The highest BCUT2D eigenvalue weighted by atomic mass is 16.5. The van der Waals surface area contributed by atoms with Crippen LogP contribution in [0.5, 0.6) is 5.75 Å². The molecule has 18 heavy (non-hydrogen) atoms. The maximum Gasteiger partial charge on any atom is 0.174 e. The van der Waals surface area contributed by atoms with E-state index in [1.165, 1.54) is 0 Å². The first-order valence-electron chi connectivity index (χ1n) is 5.99. The summed E-state index contributed by atoms with van der Waals surface area (Å²) in [5.41, 5.74) is 1.89. The lowest BCUT2D eigenvalue weighted by Crippen LogP contribution is -2.14. The van der Waals surface area contributed by atoms with Crippen molar-refractivity contribution in [1.29, 1.82) is 0 Å². The Hall–Kier alpha value is -1.88. The maximum atomic E-state index is 5.70. The van der Waals surface area contributed by atoms with Crippen molar-refractivity contribution in [2.75, 3.05) is 6.54 Å². The van der Waals surface area contributed by atoms with Gasteiger partial charge in [0.2, 0.25) is 0 Å². The number of aryl methyl sites for hydroxylation is 1. The highest BCUT2D eigenvalue weighted by Gasteiger charge is 2.07. The average molecular weight is 247 g/mol. The molecule has 0 aromatic carbocycles. The molecule has 96 valence electrons. The Kier molecular flexibility index (Phi) is 4.30. The van der Waals surface area contributed by atoms with Crippen LogP contribution >= 0.6 is 0 Å². The zero-order valence-corrected chi connectivity index (χ0v) is 10.6. The van der Waals surface area contributed by atoms with E-state index in [-0.39, 0.29) is 0 Å². The van der Waals surface area contributed by atoms with Gasteiger partial charge in [0.25, 0.3) is 0 Å². The van der Waals surface area contributed by atoms with E-state index in [1.54, 1.807) is 12.3 Å².